The Kier molecular flexibility index (Phi) is 4.46. The third kappa shape index (κ3) is 3.51. The molecule has 0 aliphatic heterocycles. The Morgan fingerprint density at radius 2 is 2.16 bits per heavy atom. The molecule has 6 nitrogen and oxygen atoms in total. The summed E-state index contributed by atoms with van der Waals surface area (Å²) >= 11 is 0. The van der Waals surface area contributed by atoms with Gasteiger partial charge in [-0.05, 0) is 33.0 Å². The minimum absolute atomic E-state index is 0.275. The standard InChI is InChI=1S/C13H19N5O/c1-10(2)18-13(16-9-17-18)8-19-12-5-4-11(6-14-3)15-7-12/h4-5,7,9-10,14H,6,8H2,1-3H3. The molecule has 0 radical (unpaired) electrons. The molecule has 102 valence electrons. The molecule has 0 fully saturated rings. The van der Waals surface area contributed by atoms with Crippen LogP contribution in [0.4, 0.5) is 0 Å². The first-order valence-corrected chi connectivity index (χ1v) is 6.31. The van der Waals surface area contributed by atoms with Crippen molar-refractivity contribution in [3.63, 3.8) is 0 Å². The quantitative estimate of drug-likeness (QED) is 0.854. The Balaban J connectivity index is 1.96. The minimum Gasteiger partial charge on any atom is -0.484 e. The zero-order valence-electron chi connectivity index (χ0n) is 11.5. The Bertz CT molecular complexity index is 506. The van der Waals surface area contributed by atoms with Crippen molar-refractivity contribution in [2.45, 2.75) is 33.0 Å². The van der Waals surface area contributed by atoms with E-state index in [1.807, 2.05) is 23.9 Å². The maximum absolute atomic E-state index is 5.67. The van der Waals surface area contributed by atoms with E-state index < -0.39 is 0 Å². The lowest BCUT2D eigenvalue weighted by molar-refractivity contribution is 0.281. The average molecular weight is 261 g/mol. The summed E-state index contributed by atoms with van der Waals surface area (Å²) in [4.78, 5) is 8.49. The molecule has 0 saturated carbocycles. The fraction of sp³-hybridized carbons (Fsp3) is 0.462. The largest absolute Gasteiger partial charge is 0.484 e. The lowest BCUT2D eigenvalue weighted by Gasteiger charge is -2.10. The molecular weight excluding hydrogens is 242 g/mol. The van der Waals surface area contributed by atoms with Crippen LogP contribution in [0.1, 0.15) is 31.4 Å². The van der Waals surface area contributed by atoms with Gasteiger partial charge in [0.05, 0.1) is 11.9 Å². The van der Waals surface area contributed by atoms with Crippen molar-refractivity contribution in [1.29, 1.82) is 0 Å². The first-order chi connectivity index (χ1) is 9.20. The summed E-state index contributed by atoms with van der Waals surface area (Å²) in [5.41, 5.74) is 0.986. The molecule has 1 N–H and O–H groups in total. The molecule has 0 bridgehead atoms. The first-order valence-electron chi connectivity index (χ1n) is 6.31. The van der Waals surface area contributed by atoms with Crippen LogP contribution in [0.15, 0.2) is 24.7 Å². The van der Waals surface area contributed by atoms with E-state index in [9.17, 15) is 0 Å². The number of hydrogen-bond donors (Lipinski definition) is 1. The summed E-state index contributed by atoms with van der Waals surface area (Å²) in [5, 5.41) is 7.22. The molecule has 2 aromatic heterocycles. The van der Waals surface area contributed by atoms with Crippen molar-refractivity contribution < 1.29 is 4.74 Å². The molecule has 0 amide bonds. The van der Waals surface area contributed by atoms with Gasteiger partial charge in [0.25, 0.3) is 0 Å². The number of ether oxygens (including phenoxy) is 1. The Morgan fingerprint density at radius 3 is 2.79 bits per heavy atom. The van der Waals surface area contributed by atoms with Crippen LogP contribution >= 0.6 is 0 Å². The number of nitrogens with zero attached hydrogens (tertiary/aromatic N) is 4. The van der Waals surface area contributed by atoms with Crippen LogP contribution in [0.3, 0.4) is 0 Å². The maximum atomic E-state index is 5.67. The second-order valence-electron chi connectivity index (χ2n) is 4.52. The molecule has 2 aromatic rings. The van der Waals surface area contributed by atoms with Gasteiger partial charge in [0, 0.05) is 12.6 Å². The molecule has 0 spiro atoms. The lowest BCUT2D eigenvalue weighted by atomic mass is 10.3. The molecule has 0 aliphatic carbocycles. The van der Waals surface area contributed by atoms with Gasteiger partial charge in [-0.15, -0.1) is 0 Å². The minimum atomic E-state index is 0.275. The summed E-state index contributed by atoms with van der Waals surface area (Å²) < 4.78 is 7.52. The predicted molar refractivity (Wildman–Crippen MR) is 71.7 cm³/mol. The Morgan fingerprint density at radius 1 is 1.32 bits per heavy atom. The van der Waals surface area contributed by atoms with E-state index in [4.69, 9.17) is 4.74 Å². The predicted octanol–water partition coefficient (Wildman–Crippen LogP) is 1.55. The van der Waals surface area contributed by atoms with Gasteiger partial charge in [0.15, 0.2) is 5.82 Å². The van der Waals surface area contributed by atoms with Gasteiger partial charge in [-0.25, -0.2) is 9.67 Å². The van der Waals surface area contributed by atoms with Crippen LogP contribution in [0.2, 0.25) is 0 Å². The topological polar surface area (TPSA) is 64.9 Å². The third-order valence-electron chi connectivity index (χ3n) is 2.66. The summed E-state index contributed by atoms with van der Waals surface area (Å²) in [6, 6.07) is 4.13. The number of aromatic nitrogens is 4. The monoisotopic (exact) mass is 261 g/mol. The van der Waals surface area contributed by atoms with Gasteiger partial charge >= 0.3 is 0 Å². The van der Waals surface area contributed by atoms with E-state index in [1.54, 1.807) is 12.5 Å². The molecule has 2 rings (SSSR count). The van der Waals surface area contributed by atoms with E-state index in [0.29, 0.717) is 6.61 Å². The molecule has 0 aromatic carbocycles. The highest BCUT2D eigenvalue weighted by Gasteiger charge is 2.08. The van der Waals surface area contributed by atoms with Crippen molar-refractivity contribution in [2.24, 2.45) is 0 Å². The molecule has 2 heterocycles. The molecule has 0 saturated heterocycles. The van der Waals surface area contributed by atoms with E-state index in [1.165, 1.54) is 0 Å². The summed E-state index contributed by atoms with van der Waals surface area (Å²) in [6.07, 6.45) is 3.27. The van der Waals surface area contributed by atoms with Crippen molar-refractivity contribution in [1.82, 2.24) is 25.1 Å². The molecule has 0 unspecified atom stereocenters. The first kappa shape index (κ1) is 13.5. The van der Waals surface area contributed by atoms with Crippen LogP contribution in [0.25, 0.3) is 0 Å². The smallest absolute Gasteiger partial charge is 0.165 e. The van der Waals surface area contributed by atoms with Gasteiger partial charge in [0.2, 0.25) is 0 Å². The normalized spacial score (nSPS) is 10.9. The van der Waals surface area contributed by atoms with Gasteiger partial charge < -0.3 is 10.1 Å². The van der Waals surface area contributed by atoms with Crippen LogP contribution in [0, 0.1) is 0 Å². The number of hydrogen-bond acceptors (Lipinski definition) is 5. The highest BCUT2D eigenvalue weighted by Crippen LogP contribution is 2.12. The molecule has 6 heteroatoms. The van der Waals surface area contributed by atoms with Crippen molar-refractivity contribution in [2.75, 3.05) is 7.05 Å². The molecule has 0 atom stereocenters. The van der Waals surface area contributed by atoms with Crippen LogP contribution in [-0.2, 0) is 13.2 Å². The Labute approximate surface area is 112 Å². The van der Waals surface area contributed by atoms with E-state index in [2.05, 4.69) is 34.2 Å². The van der Waals surface area contributed by atoms with Crippen LogP contribution in [0.5, 0.6) is 5.75 Å². The van der Waals surface area contributed by atoms with Gasteiger partial charge in [-0.3, -0.25) is 4.98 Å². The van der Waals surface area contributed by atoms with E-state index in [-0.39, 0.29) is 6.04 Å². The van der Waals surface area contributed by atoms with Gasteiger partial charge in [0.1, 0.15) is 18.7 Å². The van der Waals surface area contributed by atoms with Crippen LogP contribution < -0.4 is 10.1 Å². The third-order valence-corrected chi connectivity index (χ3v) is 2.66. The van der Waals surface area contributed by atoms with E-state index in [0.717, 1.165) is 23.8 Å². The highest BCUT2D eigenvalue weighted by atomic mass is 16.5. The Hall–Kier alpha value is -1.95. The number of pyridine rings is 1. The lowest BCUT2D eigenvalue weighted by Crippen LogP contribution is -2.11. The summed E-state index contributed by atoms with van der Waals surface area (Å²) in [6.45, 7) is 5.27. The molecular formula is C13H19N5O. The highest BCUT2D eigenvalue weighted by molar-refractivity contribution is 5.19. The van der Waals surface area contributed by atoms with Crippen molar-refractivity contribution >= 4 is 0 Å². The molecule has 0 aliphatic rings. The zero-order chi connectivity index (χ0) is 13.7. The van der Waals surface area contributed by atoms with E-state index >= 15 is 0 Å². The average Bonchev–Trinajstić information content (AvgIpc) is 2.87. The maximum Gasteiger partial charge on any atom is 0.165 e. The van der Waals surface area contributed by atoms with Crippen molar-refractivity contribution in [3.8, 4) is 5.75 Å². The second-order valence-corrected chi connectivity index (χ2v) is 4.52. The molecule has 19 heavy (non-hydrogen) atoms. The SMILES string of the molecule is CNCc1ccc(OCc2ncnn2C(C)C)cn1. The second kappa shape index (κ2) is 6.29. The number of rotatable bonds is 6. The zero-order valence-corrected chi connectivity index (χ0v) is 11.5. The summed E-state index contributed by atoms with van der Waals surface area (Å²) in [7, 11) is 1.89. The van der Waals surface area contributed by atoms with Crippen LogP contribution in [-0.4, -0.2) is 26.8 Å². The van der Waals surface area contributed by atoms with Gasteiger partial charge in [-0.2, -0.15) is 5.10 Å². The summed E-state index contributed by atoms with van der Waals surface area (Å²) in [5.74, 6) is 1.55. The fourth-order valence-electron chi connectivity index (χ4n) is 1.74. The van der Waals surface area contributed by atoms with Crippen molar-refractivity contribution in [3.05, 3.63) is 36.2 Å². The van der Waals surface area contributed by atoms with Gasteiger partial charge in [-0.1, -0.05) is 0 Å². The fourth-order valence-corrected chi connectivity index (χ4v) is 1.74. The number of nitrogens with one attached hydrogen (secondary N) is 1.